The van der Waals surface area contributed by atoms with Gasteiger partial charge in [0, 0.05) is 11.6 Å². The van der Waals surface area contributed by atoms with E-state index in [1.165, 1.54) is 17.4 Å². The highest BCUT2D eigenvalue weighted by Crippen LogP contribution is 2.21. The Balaban J connectivity index is 2.64. The molecule has 1 heterocycles. The van der Waals surface area contributed by atoms with Crippen molar-refractivity contribution in [3.8, 4) is 0 Å². The Morgan fingerprint density at radius 1 is 1.63 bits per heavy atom. The Labute approximate surface area is 115 Å². The highest BCUT2D eigenvalue weighted by molar-refractivity contribution is 7.09. The molecule has 0 saturated carbocycles. The zero-order valence-electron chi connectivity index (χ0n) is 10.8. The zero-order chi connectivity index (χ0) is 14.5. The largest absolute Gasteiger partial charge is 0.480 e. The van der Waals surface area contributed by atoms with E-state index in [9.17, 15) is 9.59 Å². The number of urea groups is 1. The molecule has 19 heavy (non-hydrogen) atoms. The van der Waals surface area contributed by atoms with E-state index >= 15 is 0 Å². The minimum absolute atomic E-state index is 0.167. The standard InChI is InChI=1S/C12H17N3O3S/c1-4-5-8(9(16)17)14-11(18)15-12(2,3)10-13-6-7-19-10/h4,6-8H,1,5H2,2-3H3,(H,16,17)(H2,14,15,18). The Morgan fingerprint density at radius 2 is 2.32 bits per heavy atom. The van der Waals surface area contributed by atoms with Gasteiger partial charge in [-0.15, -0.1) is 17.9 Å². The third-order valence-corrected chi connectivity index (χ3v) is 3.50. The van der Waals surface area contributed by atoms with Crippen molar-refractivity contribution in [3.63, 3.8) is 0 Å². The van der Waals surface area contributed by atoms with E-state index in [0.29, 0.717) is 0 Å². The fraction of sp³-hybridized carbons (Fsp3) is 0.417. The first-order valence-electron chi connectivity index (χ1n) is 5.69. The predicted molar refractivity (Wildman–Crippen MR) is 73.0 cm³/mol. The molecule has 0 spiro atoms. The van der Waals surface area contributed by atoms with Crippen molar-refractivity contribution in [2.45, 2.75) is 31.8 Å². The minimum Gasteiger partial charge on any atom is -0.480 e. The van der Waals surface area contributed by atoms with Crippen molar-refractivity contribution in [2.24, 2.45) is 0 Å². The summed E-state index contributed by atoms with van der Waals surface area (Å²) >= 11 is 1.42. The van der Waals surface area contributed by atoms with E-state index < -0.39 is 23.6 Å². The lowest BCUT2D eigenvalue weighted by Gasteiger charge is -2.25. The summed E-state index contributed by atoms with van der Waals surface area (Å²) in [5.41, 5.74) is -0.657. The van der Waals surface area contributed by atoms with Gasteiger partial charge >= 0.3 is 12.0 Å². The number of hydrogen-bond donors (Lipinski definition) is 3. The van der Waals surface area contributed by atoms with Crippen LogP contribution in [0.15, 0.2) is 24.2 Å². The number of aromatic nitrogens is 1. The van der Waals surface area contributed by atoms with Crippen LogP contribution in [0.5, 0.6) is 0 Å². The van der Waals surface area contributed by atoms with Gasteiger partial charge in [0.1, 0.15) is 11.0 Å². The van der Waals surface area contributed by atoms with E-state index in [-0.39, 0.29) is 6.42 Å². The van der Waals surface area contributed by atoms with E-state index in [1.807, 2.05) is 5.38 Å². The first-order chi connectivity index (χ1) is 8.86. The Morgan fingerprint density at radius 3 is 2.79 bits per heavy atom. The van der Waals surface area contributed by atoms with Crippen molar-refractivity contribution in [3.05, 3.63) is 29.2 Å². The van der Waals surface area contributed by atoms with Gasteiger partial charge in [-0.25, -0.2) is 14.6 Å². The van der Waals surface area contributed by atoms with Gasteiger partial charge < -0.3 is 15.7 Å². The first-order valence-corrected chi connectivity index (χ1v) is 6.57. The third kappa shape index (κ3) is 4.36. The second-order valence-electron chi connectivity index (χ2n) is 4.48. The number of nitrogens with zero attached hydrogens (tertiary/aromatic N) is 1. The molecular formula is C12H17N3O3S. The second kappa shape index (κ2) is 6.33. The fourth-order valence-electron chi connectivity index (χ4n) is 1.45. The molecule has 0 aliphatic heterocycles. The van der Waals surface area contributed by atoms with Gasteiger partial charge in [-0.1, -0.05) is 6.08 Å². The Hall–Kier alpha value is -1.89. The fourth-order valence-corrected chi connectivity index (χ4v) is 2.17. The van der Waals surface area contributed by atoms with Crippen LogP contribution in [0.25, 0.3) is 0 Å². The SMILES string of the molecule is C=CCC(NC(=O)NC(C)(C)c1nccs1)C(=O)O. The maximum Gasteiger partial charge on any atom is 0.326 e. The van der Waals surface area contributed by atoms with Gasteiger partial charge in [0.05, 0.1) is 5.54 Å². The summed E-state index contributed by atoms with van der Waals surface area (Å²) in [6.07, 6.45) is 3.27. The summed E-state index contributed by atoms with van der Waals surface area (Å²) < 4.78 is 0. The van der Waals surface area contributed by atoms with Crippen LogP contribution in [0, 0.1) is 0 Å². The number of rotatable bonds is 6. The van der Waals surface area contributed by atoms with Gasteiger partial charge in [0.15, 0.2) is 0 Å². The van der Waals surface area contributed by atoms with Gasteiger partial charge in [-0.05, 0) is 20.3 Å². The van der Waals surface area contributed by atoms with E-state index in [2.05, 4.69) is 22.2 Å². The topological polar surface area (TPSA) is 91.3 Å². The van der Waals surface area contributed by atoms with Crippen LogP contribution in [-0.2, 0) is 10.3 Å². The van der Waals surface area contributed by atoms with Crippen LogP contribution in [-0.4, -0.2) is 28.1 Å². The average Bonchev–Trinajstić information content (AvgIpc) is 2.81. The molecule has 0 aliphatic rings. The lowest BCUT2D eigenvalue weighted by molar-refractivity contribution is -0.139. The van der Waals surface area contributed by atoms with Crippen molar-refractivity contribution < 1.29 is 14.7 Å². The zero-order valence-corrected chi connectivity index (χ0v) is 11.7. The molecule has 0 saturated heterocycles. The number of aliphatic carboxylic acids is 1. The van der Waals surface area contributed by atoms with Gasteiger partial charge in [0.2, 0.25) is 0 Å². The molecule has 2 amide bonds. The maximum atomic E-state index is 11.8. The summed E-state index contributed by atoms with van der Waals surface area (Å²) in [4.78, 5) is 26.9. The van der Waals surface area contributed by atoms with Crippen LogP contribution >= 0.6 is 11.3 Å². The average molecular weight is 283 g/mol. The molecule has 1 rings (SSSR count). The minimum atomic E-state index is -1.10. The summed E-state index contributed by atoms with van der Waals surface area (Å²) in [6, 6.07) is -1.53. The second-order valence-corrected chi connectivity index (χ2v) is 5.37. The van der Waals surface area contributed by atoms with Crippen molar-refractivity contribution in [1.82, 2.24) is 15.6 Å². The Bertz CT molecular complexity index is 457. The summed E-state index contributed by atoms with van der Waals surface area (Å²) in [5, 5.41) is 16.6. The molecule has 1 aromatic rings. The Kier molecular flexibility index (Phi) is 5.05. The van der Waals surface area contributed by atoms with Crippen LogP contribution in [0.3, 0.4) is 0 Å². The predicted octanol–water partition coefficient (Wildman–Crippen LogP) is 1.71. The molecule has 3 N–H and O–H groups in total. The lowest BCUT2D eigenvalue weighted by Crippen LogP contribution is -2.51. The number of hydrogen-bond acceptors (Lipinski definition) is 4. The van der Waals surface area contributed by atoms with Crippen molar-refractivity contribution in [1.29, 1.82) is 0 Å². The highest BCUT2D eigenvalue weighted by Gasteiger charge is 2.27. The molecule has 0 aliphatic carbocycles. The summed E-state index contributed by atoms with van der Waals surface area (Å²) in [5.74, 6) is -1.10. The third-order valence-electron chi connectivity index (χ3n) is 2.40. The maximum absolute atomic E-state index is 11.8. The van der Waals surface area contributed by atoms with Gasteiger partial charge in [0.25, 0.3) is 0 Å². The van der Waals surface area contributed by atoms with Crippen molar-refractivity contribution >= 4 is 23.3 Å². The molecule has 0 radical (unpaired) electrons. The summed E-state index contributed by atoms with van der Waals surface area (Å²) in [7, 11) is 0. The monoisotopic (exact) mass is 283 g/mol. The van der Waals surface area contributed by atoms with Crippen LogP contribution < -0.4 is 10.6 Å². The molecule has 0 fully saturated rings. The molecule has 6 nitrogen and oxygen atoms in total. The number of carbonyl (C=O) groups is 2. The molecule has 1 atom stereocenters. The molecule has 0 bridgehead atoms. The first kappa shape index (κ1) is 15.2. The van der Waals surface area contributed by atoms with Gasteiger partial charge in [-0.2, -0.15) is 0 Å². The van der Waals surface area contributed by atoms with E-state index in [4.69, 9.17) is 5.11 Å². The lowest BCUT2D eigenvalue weighted by atomic mass is 10.1. The number of nitrogens with one attached hydrogen (secondary N) is 2. The van der Waals surface area contributed by atoms with Crippen LogP contribution in [0.1, 0.15) is 25.3 Å². The molecule has 1 unspecified atom stereocenters. The normalized spacial score (nSPS) is 12.5. The quantitative estimate of drug-likeness (QED) is 0.693. The molecule has 104 valence electrons. The number of carboxylic acids is 1. The number of amides is 2. The molecule has 0 aromatic carbocycles. The van der Waals surface area contributed by atoms with E-state index in [0.717, 1.165) is 5.01 Å². The van der Waals surface area contributed by atoms with E-state index in [1.54, 1.807) is 20.0 Å². The van der Waals surface area contributed by atoms with Crippen LogP contribution in [0.2, 0.25) is 0 Å². The molecule has 1 aromatic heterocycles. The van der Waals surface area contributed by atoms with Gasteiger partial charge in [-0.3, -0.25) is 0 Å². The number of thiazole rings is 1. The summed E-state index contributed by atoms with van der Waals surface area (Å²) in [6.45, 7) is 7.06. The highest BCUT2D eigenvalue weighted by atomic mass is 32.1. The number of carboxylic acid groups (broad SMARTS) is 1. The van der Waals surface area contributed by atoms with Crippen LogP contribution in [0.4, 0.5) is 4.79 Å². The molecule has 7 heteroatoms. The number of carbonyl (C=O) groups excluding carboxylic acids is 1. The smallest absolute Gasteiger partial charge is 0.326 e. The van der Waals surface area contributed by atoms with Crippen molar-refractivity contribution in [2.75, 3.05) is 0 Å². The molecular weight excluding hydrogens is 266 g/mol.